The lowest BCUT2D eigenvalue weighted by atomic mass is 10.0. The minimum absolute atomic E-state index is 0.172. The van der Waals surface area contributed by atoms with E-state index in [0.29, 0.717) is 5.92 Å². The van der Waals surface area contributed by atoms with Gasteiger partial charge in [-0.1, -0.05) is 30.3 Å². The number of halogens is 2. The molecule has 1 atom stereocenters. The van der Waals surface area contributed by atoms with Gasteiger partial charge in [0.25, 0.3) is 5.91 Å². The van der Waals surface area contributed by atoms with Gasteiger partial charge in [0.2, 0.25) is 5.95 Å². The topological polar surface area (TPSA) is 42.0 Å². The summed E-state index contributed by atoms with van der Waals surface area (Å²) in [5.41, 5.74) is 0.660. The van der Waals surface area contributed by atoms with Gasteiger partial charge in [0, 0.05) is 6.20 Å². The third kappa shape index (κ3) is 2.91. The summed E-state index contributed by atoms with van der Waals surface area (Å²) in [6.07, 6.45) is 3.13. The monoisotopic (exact) mass is 288 g/mol. The molecule has 0 spiro atoms. The van der Waals surface area contributed by atoms with Crippen molar-refractivity contribution in [1.29, 1.82) is 0 Å². The van der Waals surface area contributed by atoms with Crippen molar-refractivity contribution in [2.75, 3.05) is 0 Å². The van der Waals surface area contributed by atoms with E-state index in [1.165, 1.54) is 6.07 Å². The van der Waals surface area contributed by atoms with Crippen LogP contribution in [0.1, 0.15) is 34.8 Å². The lowest BCUT2D eigenvalue weighted by Crippen LogP contribution is -2.30. The minimum Gasteiger partial charge on any atom is -0.345 e. The second-order valence-corrected chi connectivity index (χ2v) is 5.16. The summed E-state index contributed by atoms with van der Waals surface area (Å²) in [6, 6.07) is 10.5. The summed E-state index contributed by atoms with van der Waals surface area (Å²) in [7, 11) is 0. The number of aromatic nitrogens is 1. The lowest BCUT2D eigenvalue weighted by Gasteiger charge is -2.19. The van der Waals surface area contributed by atoms with Crippen molar-refractivity contribution in [3.63, 3.8) is 0 Å². The first-order valence-electron chi connectivity index (χ1n) is 6.82. The molecule has 0 saturated heterocycles. The van der Waals surface area contributed by atoms with Gasteiger partial charge in [-0.15, -0.1) is 0 Å². The number of carbonyl (C=O) groups is 1. The van der Waals surface area contributed by atoms with Crippen LogP contribution in [0.25, 0.3) is 0 Å². The van der Waals surface area contributed by atoms with E-state index in [1.807, 2.05) is 30.3 Å². The summed E-state index contributed by atoms with van der Waals surface area (Å²) in [5, 5.41) is 2.81. The predicted molar refractivity (Wildman–Crippen MR) is 73.5 cm³/mol. The summed E-state index contributed by atoms with van der Waals surface area (Å²) in [5.74, 6) is -2.73. The number of pyridine rings is 1. The maximum absolute atomic E-state index is 13.6. The molecular formula is C16H14F2N2O. The first-order valence-corrected chi connectivity index (χ1v) is 6.82. The SMILES string of the molecule is O=C(NC(c1ccccc1)C1CC1)c1ccnc(F)c1F. The van der Waals surface area contributed by atoms with Crippen molar-refractivity contribution in [3.05, 3.63) is 65.5 Å². The zero-order valence-electron chi connectivity index (χ0n) is 11.2. The van der Waals surface area contributed by atoms with Crippen LogP contribution in [-0.4, -0.2) is 10.9 Å². The van der Waals surface area contributed by atoms with Gasteiger partial charge >= 0.3 is 0 Å². The Morgan fingerprint density at radius 1 is 1.19 bits per heavy atom. The van der Waals surface area contributed by atoms with E-state index in [4.69, 9.17) is 0 Å². The first kappa shape index (κ1) is 13.7. The molecule has 1 fully saturated rings. The largest absolute Gasteiger partial charge is 0.345 e. The highest BCUT2D eigenvalue weighted by atomic mass is 19.2. The lowest BCUT2D eigenvalue weighted by molar-refractivity contribution is 0.0926. The quantitative estimate of drug-likeness (QED) is 0.878. The van der Waals surface area contributed by atoms with Crippen molar-refractivity contribution in [2.24, 2.45) is 5.92 Å². The average Bonchev–Trinajstić information content (AvgIpc) is 3.33. The van der Waals surface area contributed by atoms with Crippen LogP contribution in [0.15, 0.2) is 42.6 Å². The van der Waals surface area contributed by atoms with E-state index >= 15 is 0 Å². The van der Waals surface area contributed by atoms with Crippen LogP contribution in [0.3, 0.4) is 0 Å². The number of rotatable bonds is 4. The third-order valence-electron chi connectivity index (χ3n) is 3.63. The van der Waals surface area contributed by atoms with E-state index in [-0.39, 0.29) is 11.6 Å². The van der Waals surface area contributed by atoms with Crippen molar-refractivity contribution >= 4 is 5.91 Å². The Balaban J connectivity index is 1.83. The summed E-state index contributed by atoms with van der Waals surface area (Å²) in [6.45, 7) is 0. The molecule has 2 aromatic rings. The highest BCUT2D eigenvalue weighted by Crippen LogP contribution is 2.41. The molecule has 3 rings (SSSR count). The maximum Gasteiger partial charge on any atom is 0.254 e. The number of amides is 1. The fourth-order valence-corrected chi connectivity index (χ4v) is 2.38. The molecule has 0 aliphatic heterocycles. The Bertz CT molecular complexity index is 657. The molecule has 1 heterocycles. The fourth-order valence-electron chi connectivity index (χ4n) is 2.38. The van der Waals surface area contributed by atoms with E-state index in [9.17, 15) is 13.6 Å². The van der Waals surface area contributed by atoms with Gasteiger partial charge in [-0.25, -0.2) is 9.37 Å². The Morgan fingerprint density at radius 2 is 1.90 bits per heavy atom. The van der Waals surface area contributed by atoms with Crippen LogP contribution in [-0.2, 0) is 0 Å². The fraction of sp³-hybridized carbons (Fsp3) is 0.250. The van der Waals surface area contributed by atoms with Crippen LogP contribution < -0.4 is 5.32 Å². The normalized spacial score (nSPS) is 15.5. The van der Waals surface area contributed by atoms with E-state index in [0.717, 1.165) is 24.6 Å². The molecule has 1 saturated carbocycles. The molecule has 21 heavy (non-hydrogen) atoms. The number of carbonyl (C=O) groups excluding carboxylic acids is 1. The standard InChI is InChI=1S/C16H14F2N2O/c17-13-12(8-9-19-15(13)18)16(21)20-14(11-6-7-11)10-4-2-1-3-5-10/h1-5,8-9,11,14H,6-7H2,(H,20,21). The molecule has 3 nitrogen and oxygen atoms in total. The van der Waals surface area contributed by atoms with E-state index < -0.39 is 17.7 Å². The summed E-state index contributed by atoms with van der Waals surface area (Å²) < 4.78 is 26.7. The van der Waals surface area contributed by atoms with Crippen LogP contribution >= 0.6 is 0 Å². The van der Waals surface area contributed by atoms with Crippen molar-refractivity contribution in [2.45, 2.75) is 18.9 Å². The molecule has 0 bridgehead atoms. The molecular weight excluding hydrogens is 274 g/mol. The zero-order valence-corrected chi connectivity index (χ0v) is 11.2. The van der Waals surface area contributed by atoms with Crippen molar-refractivity contribution in [3.8, 4) is 0 Å². The number of nitrogens with one attached hydrogen (secondary N) is 1. The minimum atomic E-state index is -1.26. The van der Waals surface area contributed by atoms with Crippen LogP contribution in [0.2, 0.25) is 0 Å². The highest BCUT2D eigenvalue weighted by Gasteiger charge is 2.34. The maximum atomic E-state index is 13.6. The summed E-state index contributed by atoms with van der Waals surface area (Å²) >= 11 is 0. The van der Waals surface area contributed by atoms with Crippen molar-refractivity contribution < 1.29 is 13.6 Å². The number of hydrogen-bond donors (Lipinski definition) is 1. The number of hydrogen-bond acceptors (Lipinski definition) is 2. The Labute approximate surface area is 121 Å². The van der Waals surface area contributed by atoms with Crippen molar-refractivity contribution in [1.82, 2.24) is 10.3 Å². The molecule has 1 aliphatic rings. The van der Waals surface area contributed by atoms with Gasteiger partial charge in [0.1, 0.15) is 0 Å². The molecule has 5 heteroatoms. The first-order chi connectivity index (χ1) is 10.2. The van der Waals surface area contributed by atoms with Gasteiger partial charge in [0.05, 0.1) is 11.6 Å². The number of nitrogens with zero attached hydrogens (tertiary/aromatic N) is 1. The van der Waals surface area contributed by atoms with Crippen LogP contribution in [0.4, 0.5) is 8.78 Å². The van der Waals surface area contributed by atoms with Gasteiger partial charge < -0.3 is 5.32 Å². The molecule has 1 N–H and O–H groups in total. The van der Waals surface area contributed by atoms with Crippen LogP contribution in [0.5, 0.6) is 0 Å². The Kier molecular flexibility index (Phi) is 3.64. The molecule has 0 radical (unpaired) electrons. The second kappa shape index (κ2) is 5.60. The van der Waals surface area contributed by atoms with Crippen LogP contribution in [0, 0.1) is 17.7 Å². The second-order valence-electron chi connectivity index (χ2n) is 5.16. The van der Waals surface area contributed by atoms with Gasteiger partial charge in [0.15, 0.2) is 5.82 Å². The van der Waals surface area contributed by atoms with Gasteiger partial charge in [-0.3, -0.25) is 4.79 Å². The molecule has 108 valence electrons. The third-order valence-corrected chi connectivity index (χ3v) is 3.63. The average molecular weight is 288 g/mol. The Morgan fingerprint density at radius 3 is 2.57 bits per heavy atom. The Hall–Kier alpha value is -2.30. The molecule has 1 unspecified atom stereocenters. The molecule has 1 aromatic carbocycles. The predicted octanol–water partition coefficient (Wildman–Crippen LogP) is 3.24. The number of benzene rings is 1. The smallest absolute Gasteiger partial charge is 0.254 e. The highest BCUT2D eigenvalue weighted by molar-refractivity contribution is 5.94. The molecule has 1 aliphatic carbocycles. The molecule has 1 aromatic heterocycles. The van der Waals surface area contributed by atoms with E-state index in [2.05, 4.69) is 10.3 Å². The zero-order chi connectivity index (χ0) is 14.8. The summed E-state index contributed by atoms with van der Waals surface area (Å²) in [4.78, 5) is 15.4. The van der Waals surface area contributed by atoms with E-state index in [1.54, 1.807) is 0 Å². The molecule has 1 amide bonds. The van der Waals surface area contributed by atoms with Gasteiger partial charge in [-0.2, -0.15) is 4.39 Å². The van der Waals surface area contributed by atoms with Gasteiger partial charge in [-0.05, 0) is 30.4 Å².